The van der Waals surface area contributed by atoms with E-state index < -0.39 is 45.7 Å². The first-order valence-electron chi connectivity index (χ1n) is 5.66. The number of rotatable bonds is 2. The van der Waals surface area contributed by atoms with Crippen LogP contribution in [0.1, 0.15) is 22.1 Å². The molecule has 2 aromatic rings. The van der Waals surface area contributed by atoms with Gasteiger partial charge in [-0.2, -0.15) is 13.2 Å². The number of alkyl halides is 4. The van der Waals surface area contributed by atoms with Crippen LogP contribution in [0.5, 0.6) is 0 Å². The second kappa shape index (κ2) is 5.60. The summed E-state index contributed by atoms with van der Waals surface area (Å²) >= 11 is 5.84. The van der Waals surface area contributed by atoms with Gasteiger partial charge in [0.15, 0.2) is 11.6 Å². The van der Waals surface area contributed by atoms with Crippen LogP contribution in [0.4, 0.5) is 26.3 Å². The largest absolute Gasteiger partial charge is 0.416 e. The minimum absolute atomic E-state index is 0.246. The second-order valence-electron chi connectivity index (χ2n) is 4.24. The highest BCUT2D eigenvalue weighted by molar-refractivity contribution is 6.22. The molecule has 0 nitrogen and oxygen atoms in total. The predicted molar refractivity (Wildman–Crippen MR) is 65.5 cm³/mol. The third kappa shape index (κ3) is 3.15. The molecule has 0 N–H and O–H groups in total. The van der Waals surface area contributed by atoms with Crippen LogP contribution >= 0.6 is 11.6 Å². The first-order chi connectivity index (χ1) is 9.71. The van der Waals surface area contributed by atoms with E-state index in [9.17, 15) is 26.3 Å². The molecule has 0 aliphatic rings. The Morgan fingerprint density at radius 2 is 1.38 bits per heavy atom. The maximum Gasteiger partial charge on any atom is 0.416 e. The van der Waals surface area contributed by atoms with Gasteiger partial charge in [-0.1, -0.05) is 18.2 Å². The molecule has 2 aromatic carbocycles. The fraction of sp³-hybridized carbons (Fsp3) is 0.143. The van der Waals surface area contributed by atoms with E-state index in [2.05, 4.69) is 0 Å². The molecule has 0 saturated heterocycles. The molecule has 7 heteroatoms. The summed E-state index contributed by atoms with van der Waals surface area (Å²) in [6.07, 6.45) is -4.70. The molecule has 0 bridgehead atoms. The van der Waals surface area contributed by atoms with Gasteiger partial charge >= 0.3 is 6.18 Å². The van der Waals surface area contributed by atoms with E-state index in [0.717, 1.165) is 18.2 Å². The van der Waals surface area contributed by atoms with Crippen molar-refractivity contribution in [3.05, 3.63) is 70.5 Å². The molecule has 0 saturated carbocycles. The van der Waals surface area contributed by atoms with Crippen molar-refractivity contribution in [1.29, 1.82) is 0 Å². The molecular weight excluding hydrogens is 318 g/mol. The van der Waals surface area contributed by atoms with Crippen LogP contribution in [-0.2, 0) is 6.18 Å². The maximum absolute atomic E-state index is 13.6. The highest BCUT2D eigenvalue weighted by Gasteiger charge is 2.35. The first kappa shape index (κ1) is 15.7. The summed E-state index contributed by atoms with van der Waals surface area (Å²) in [5, 5.41) is -1.60. The molecule has 0 spiro atoms. The first-order valence-corrected chi connectivity index (χ1v) is 6.10. The number of hydrogen-bond acceptors (Lipinski definition) is 0. The Morgan fingerprint density at radius 3 is 2.00 bits per heavy atom. The minimum atomic E-state index is -4.70. The van der Waals surface area contributed by atoms with Crippen LogP contribution in [-0.4, -0.2) is 0 Å². The Labute approximate surface area is 121 Å². The average Bonchev–Trinajstić information content (AvgIpc) is 2.41. The Balaban J connectivity index is 2.56. The molecule has 1 unspecified atom stereocenters. The van der Waals surface area contributed by atoms with Crippen molar-refractivity contribution in [2.24, 2.45) is 0 Å². The molecule has 0 radical (unpaired) electrons. The van der Waals surface area contributed by atoms with Gasteiger partial charge < -0.3 is 0 Å². The molecule has 0 amide bonds. The van der Waals surface area contributed by atoms with Gasteiger partial charge in [0.2, 0.25) is 0 Å². The number of hydrogen-bond donors (Lipinski definition) is 0. The summed E-state index contributed by atoms with van der Waals surface area (Å²) in [4.78, 5) is 0. The standard InChI is InChI=1S/C14H7ClF6/c15-13(8-5-11(17)12(18)6-10(8)16)7-3-1-2-4-9(7)14(19,20)21/h1-6,13H. The topological polar surface area (TPSA) is 0 Å². The zero-order valence-electron chi connectivity index (χ0n) is 10.2. The Hall–Kier alpha value is -1.69. The van der Waals surface area contributed by atoms with E-state index in [-0.39, 0.29) is 6.07 Å². The Bertz CT molecular complexity index is 665. The summed E-state index contributed by atoms with van der Waals surface area (Å²) in [5.41, 5.74) is -2.06. The van der Waals surface area contributed by atoms with Crippen molar-refractivity contribution < 1.29 is 26.3 Å². The quantitative estimate of drug-likeness (QED) is 0.391. The molecule has 112 valence electrons. The van der Waals surface area contributed by atoms with E-state index in [1.165, 1.54) is 6.07 Å². The predicted octanol–water partition coefficient (Wildman–Crippen LogP) is 5.45. The number of benzene rings is 2. The fourth-order valence-electron chi connectivity index (χ4n) is 1.88. The average molecular weight is 325 g/mol. The molecule has 2 rings (SSSR count). The van der Waals surface area contributed by atoms with Crippen LogP contribution in [0.3, 0.4) is 0 Å². The van der Waals surface area contributed by atoms with Crippen LogP contribution in [0.15, 0.2) is 36.4 Å². The van der Waals surface area contributed by atoms with Gasteiger partial charge in [0.05, 0.1) is 10.9 Å². The van der Waals surface area contributed by atoms with Crippen molar-refractivity contribution in [3.8, 4) is 0 Å². The van der Waals surface area contributed by atoms with Gasteiger partial charge in [-0.25, -0.2) is 13.2 Å². The lowest BCUT2D eigenvalue weighted by Crippen LogP contribution is -2.11. The molecule has 0 aromatic heterocycles. The van der Waals surface area contributed by atoms with E-state index in [1.54, 1.807) is 0 Å². The smallest absolute Gasteiger partial charge is 0.207 e. The molecule has 0 aliphatic carbocycles. The van der Waals surface area contributed by atoms with Crippen LogP contribution in [0.25, 0.3) is 0 Å². The van der Waals surface area contributed by atoms with Gasteiger partial charge in [-0.05, 0) is 17.7 Å². The lowest BCUT2D eigenvalue weighted by Gasteiger charge is -2.17. The summed E-state index contributed by atoms with van der Waals surface area (Å²) in [5.74, 6) is -4.04. The summed E-state index contributed by atoms with van der Waals surface area (Å²) in [7, 11) is 0. The van der Waals surface area contributed by atoms with Crippen molar-refractivity contribution in [2.75, 3.05) is 0 Å². The van der Waals surface area contributed by atoms with E-state index in [4.69, 9.17) is 11.6 Å². The van der Waals surface area contributed by atoms with Crippen molar-refractivity contribution in [1.82, 2.24) is 0 Å². The normalized spacial score (nSPS) is 13.3. The maximum atomic E-state index is 13.6. The monoisotopic (exact) mass is 324 g/mol. The van der Waals surface area contributed by atoms with Crippen LogP contribution < -0.4 is 0 Å². The molecular formula is C14H7ClF6. The second-order valence-corrected chi connectivity index (χ2v) is 4.67. The van der Waals surface area contributed by atoms with Gasteiger partial charge in [0, 0.05) is 11.6 Å². The molecule has 0 fully saturated rings. The van der Waals surface area contributed by atoms with Crippen molar-refractivity contribution >= 4 is 11.6 Å². The Morgan fingerprint density at radius 1 is 0.810 bits per heavy atom. The zero-order valence-corrected chi connectivity index (χ0v) is 10.9. The van der Waals surface area contributed by atoms with E-state index >= 15 is 0 Å². The van der Waals surface area contributed by atoms with Crippen molar-refractivity contribution in [3.63, 3.8) is 0 Å². The number of halogens is 7. The SMILES string of the molecule is Fc1cc(F)c(C(Cl)c2ccccc2C(F)(F)F)cc1F. The zero-order chi connectivity index (χ0) is 15.8. The van der Waals surface area contributed by atoms with Crippen LogP contribution in [0.2, 0.25) is 0 Å². The molecule has 0 aliphatic heterocycles. The lowest BCUT2D eigenvalue weighted by atomic mass is 9.98. The highest BCUT2D eigenvalue weighted by Crippen LogP contribution is 2.40. The molecule has 1 atom stereocenters. The van der Waals surface area contributed by atoms with Crippen molar-refractivity contribution in [2.45, 2.75) is 11.6 Å². The lowest BCUT2D eigenvalue weighted by molar-refractivity contribution is -0.138. The van der Waals surface area contributed by atoms with Gasteiger partial charge in [-0.15, -0.1) is 11.6 Å². The summed E-state index contributed by atoms with van der Waals surface area (Å²) in [6, 6.07) is 4.98. The Kier molecular flexibility index (Phi) is 4.18. The molecule has 21 heavy (non-hydrogen) atoms. The minimum Gasteiger partial charge on any atom is -0.207 e. The van der Waals surface area contributed by atoms with Gasteiger partial charge in [0.25, 0.3) is 0 Å². The fourth-order valence-corrected chi connectivity index (χ4v) is 2.23. The summed E-state index contributed by atoms with van der Waals surface area (Å²) in [6.45, 7) is 0. The van der Waals surface area contributed by atoms with Gasteiger partial charge in [0.1, 0.15) is 5.82 Å². The summed E-state index contributed by atoms with van der Waals surface area (Å²) < 4.78 is 78.3. The molecule has 0 heterocycles. The van der Waals surface area contributed by atoms with E-state index in [1.807, 2.05) is 0 Å². The third-order valence-electron chi connectivity index (χ3n) is 2.85. The van der Waals surface area contributed by atoms with E-state index in [0.29, 0.717) is 6.07 Å². The third-order valence-corrected chi connectivity index (χ3v) is 3.32. The van der Waals surface area contributed by atoms with Gasteiger partial charge in [-0.3, -0.25) is 0 Å². The van der Waals surface area contributed by atoms with Crippen LogP contribution in [0, 0.1) is 17.5 Å². The highest BCUT2D eigenvalue weighted by atomic mass is 35.5.